The maximum atomic E-state index is 12.5. The highest BCUT2D eigenvalue weighted by atomic mass is 35.5. The molecule has 1 N–H and O–H groups in total. The molecule has 2 heterocycles. The molecule has 0 saturated carbocycles. The highest BCUT2D eigenvalue weighted by molar-refractivity contribution is 6.32. The number of carbonyl (C=O) groups is 2. The summed E-state index contributed by atoms with van der Waals surface area (Å²) in [6.07, 6.45) is 1.00. The van der Waals surface area contributed by atoms with Crippen molar-refractivity contribution in [3.8, 4) is 5.75 Å². The van der Waals surface area contributed by atoms with Gasteiger partial charge in [-0.25, -0.2) is 0 Å². The SMILES string of the molecule is CCN1C[C@H](C(=O)N[C@H]2CCOc3c(Cl)cccc32)CC1=O. The molecule has 0 spiro atoms. The Labute approximate surface area is 134 Å². The van der Waals surface area contributed by atoms with Gasteiger partial charge in [0, 0.05) is 31.5 Å². The first-order valence-electron chi connectivity index (χ1n) is 7.59. The average Bonchev–Trinajstić information content (AvgIpc) is 2.89. The highest BCUT2D eigenvalue weighted by Crippen LogP contribution is 2.37. The van der Waals surface area contributed by atoms with Crippen molar-refractivity contribution >= 4 is 23.4 Å². The first kappa shape index (κ1) is 15.2. The fraction of sp³-hybridized carbons (Fsp3) is 0.500. The van der Waals surface area contributed by atoms with E-state index >= 15 is 0 Å². The fourth-order valence-electron chi connectivity index (χ4n) is 3.08. The Morgan fingerprint density at radius 2 is 2.32 bits per heavy atom. The Balaban J connectivity index is 1.71. The van der Waals surface area contributed by atoms with Gasteiger partial charge >= 0.3 is 0 Å². The summed E-state index contributed by atoms with van der Waals surface area (Å²) in [5.74, 6) is 0.372. The lowest BCUT2D eigenvalue weighted by Gasteiger charge is -2.28. The van der Waals surface area contributed by atoms with Gasteiger partial charge in [-0.15, -0.1) is 0 Å². The van der Waals surface area contributed by atoms with Crippen LogP contribution < -0.4 is 10.1 Å². The van der Waals surface area contributed by atoms with E-state index in [1.807, 2.05) is 19.1 Å². The Hall–Kier alpha value is -1.75. The van der Waals surface area contributed by atoms with Gasteiger partial charge in [0.2, 0.25) is 11.8 Å². The second-order valence-electron chi connectivity index (χ2n) is 5.69. The third-order valence-electron chi connectivity index (χ3n) is 4.31. The van der Waals surface area contributed by atoms with Crippen molar-refractivity contribution < 1.29 is 14.3 Å². The number of halogens is 1. The lowest BCUT2D eigenvalue weighted by atomic mass is 9.99. The molecule has 2 atom stereocenters. The van der Waals surface area contributed by atoms with Gasteiger partial charge in [0.05, 0.1) is 23.6 Å². The number of hydrogen-bond acceptors (Lipinski definition) is 3. The summed E-state index contributed by atoms with van der Waals surface area (Å²) < 4.78 is 5.60. The van der Waals surface area contributed by atoms with E-state index in [9.17, 15) is 9.59 Å². The van der Waals surface area contributed by atoms with Crippen LogP contribution in [0.3, 0.4) is 0 Å². The molecular formula is C16H19ClN2O3. The number of fused-ring (bicyclic) bond motifs is 1. The summed E-state index contributed by atoms with van der Waals surface area (Å²) in [7, 11) is 0. The van der Waals surface area contributed by atoms with E-state index in [1.165, 1.54) is 0 Å². The van der Waals surface area contributed by atoms with Gasteiger partial charge in [-0.05, 0) is 13.0 Å². The summed E-state index contributed by atoms with van der Waals surface area (Å²) in [5, 5.41) is 3.61. The number of nitrogens with one attached hydrogen (secondary N) is 1. The highest BCUT2D eigenvalue weighted by Gasteiger charge is 2.35. The van der Waals surface area contributed by atoms with Crippen molar-refractivity contribution in [3.05, 3.63) is 28.8 Å². The zero-order chi connectivity index (χ0) is 15.7. The van der Waals surface area contributed by atoms with Crippen LogP contribution in [0.1, 0.15) is 31.4 Å². The smallest absolute Gasteiger partial charge is 0.225 e. The van der Waals surface area contributed by atoms with Crippen molar-refractivity contribution in [2.45, 2.75) is 25.8 Å². The van der Waals surface area contributed by atoms with Crippen LogP contribution in [0.2, 0.25) is 5.02 Å². The third kappa shape index (κ3) is 2.77. The van der Waals surface area contributed by atoms with E-state index in [-0.39, 0.29) is 23.8 Å². The number of hydrogen-bond donors (Lipinski definition) is 1. The molecule has 0 aromatic heterocycles. The van der Waals surface area contributed by atoms with E-state index in [4.69, 9.17) is 16.3 Å². The van der Waals surface area contributed by atoms with Crippen LogP contribution in [0.25, 0.3) is 0 Å². The van der Waals surface area contributed by atoms with Crippen LogP contribution in [0, 0.1) is 5.92 Å². The minimum atomic E-state index is -0.266. The summed E-state index contributed by atoms with van der Waals surface area (Å²) in [6.45, 7) is 3.60. The number of para-hydroxylation sites is 1. The Morgan fingerprint density at radius 3 is 3.05 bits per heavy atom. The topological polar surface area (TPSA) is 58.6 Å². The number of likely N-dealkylation sites (tertiary alicyclic amines) is 1. The van der Waals surface area contributed by atoms with Crippen LogP contribution in [0.15, 0.2) is 18.2 Å². The zero-order valence-corrected chi connectivity index (χ0v) is 13.2. The van der Waals surface area contributed by atoms with Gasteiger partial charge in [0.1, 0.15) is 5.75 Å². The molecule has 1 aromatic carbocycles. The number of amides is 2. The molecule has 1 saturated heterocycles. The fourth-order valence-corrected chi connectivity index (χ4v) is 3.32. The summed E-state index contributed by atoms with van der Waals surface area (Å²) in [5.41, 5.74) is 0.906. The summed E-state index contributed by atoms with van der Waals surface area (Å²) in [6, 6.07) is 5.44. The molecule has 6 heteroatoms. The Morgan fingerprint density at radius 1 is 1.50 bits per heavy atom. The molecule has 0 bridgehead atoms. The quantitative estimate of drug-likeness (QED) is 0.927. The van der Waals surface area contributed by atoms with E-state index in [0.717, 1.165) is 5.56 Å². The lowest BCUT2D eigenvalue weighted by Crippen LogP contribution is -2.37. The first-order chi connectivity index (χ1) is 10.6. The average molecular weight is 323 g/mol. The molecule has 0 aliphatic carbocycles. The maximum Gasteiger partial charge on any atom is 0.225 e. The monoisotopic (exact) mass is 322 g/mol. The zero-order valence-electron chi connectivity index (χ0n) is 12.5. The molecule has 2 aliphatic rings. The molecule has 22 heavy (non-hydrogen) atoms. The van der Waals surface area contributed by atoms with Crippen molar-refractivity contribution in [3.63, 3.8) is 0 Å². The molecule has 2 amide bonds. The van der Waals surface area contributed by atoms with Crippen molar-refractivity contribution in [2.24, 2.45) is 5.92 Å². The standard InChI is InChI=1S/C16H19ClN2O3/c1-2-19-9-10(8-14(19)20)16(21)18-13-6-7-22-15-11(13)4-3-5-12(15)17/h3-5,10,13H,2,6-9H2,1H3,(H,18,21)/t10-,13+/m1/s1. The molecule has 5 nitrogen and oxygen atoms in total. The first-order valence-corrected chi connectivity index (χ1v) is 7.97. The van der Waals surface area contributed by atoms with Crippen molar-refractivity contribution in [2.75, 3.05) is 19.7 Å². The predicted molar refractivity (Wildman–Crippen MR) is 82.8 cm³/mol. The molecule has 118 valence electrons. The normalized spacial score (nSPS) is 23.9. The van der Waals surface area contributed by atoms with Crippen LogP contribution in [0.4, 0.5) is 0 Å². The molecule has 2 aliphatic heterocycles. The molecule has 1 aromatic rings. The molecule has 3 rings (SSSR count). The van der Waals surface area contributed by atoms with Gasteiger partial charge < -0.3 is 15.0 Å². The molecule has 0 unspecified atom stereocenters. The van der Waals surface area contributed by atoms with Crippen molar-refractivity contribution in [1.82, 2.24) is 10.2 Å². The van der Waals surface area contributed by atoms with Crippen LogP contribution in [-0.4, -0.2) is 36.4 Å². The number of ether oxygens (including phenoxy) is 1. The van der Waals surface area contributed by atoms with Crippen LogP contribution in [0.5, 0.6) is 5.75 Å². The van der Waals surface area contributed by atoms with Gasteiger partial charge in [-0.3, -0.25) is 9.59 Å². The van der Waals surface area contributed by atoms with Crippen molar-refractivity contribution in [1.29, 1.82) is 0 Å². The number of nitrogens with zero attached hydrogens (tertiary/aromatic N) is 1. The van der Waals surface area contributed by atoms with E-state index in [1.54, 1.807) is 11.0 Å². The van der Waals surface area contributed by atoms with E-state index in [0.29, 0.717) is 43.3 Å². The summed E-state index contributed by atoms with van der Waals surface area (Å²) in [4.78, 5) is 25.9. The molecule has 0 radical (unpaired) electrons. The maximum absolute atomic E-state index is 12.5. The number of benzene rings is 1. The third-order valence-corrected chi connectivity index (χ3v) is 4.61. The Bertz CT molecular complexity index is 605. The number of carbonyl (C=O) groups excluding carboxylic acids is 2. The number of rotatable bonds is 3. The van der Waals surface area contributed by atoms with Crippen LogP contribution in [-0.2, 0) is 9.59 Å². The predicted octanol–water partition coefficient (Wildman–Crippen LogP) is 2.15. The largest absolute Gasteiger partial charge is 0.492 e. The van der Waals surface area contributed by atoms with Gasteiger partial charge in [0.25, 0.3) is 0 Å². The molecule has 1 fully saturated rings. The van der Waals surface area contributed by atoms with Crippen LogP contribution >= 0.6 is 11.6 Å². The lowest BCUT2D eigenvalue weighted by molar-refractivity contribution is -0.129. The molecular weight excluding hydrogens is 304 g/mol. The minimum absolute atomic E-state index is 0.0538. The second-order valence-corrected chi connectivity index (χ2v) is 6.10. The van der Waals surface area contributed by atoms with Gasteiger partial charge in [0.15, 0.2) is 0 Å². The van der Waals surface area contributed by atoms with E-state index in [2.05, 4.69) is 5.32 Å². The van der Waals surface area contributed by atoms with Gasteiger partial charge in [-0.1, -0.05) is 23.7 Å². The Kier molecular flexibility index (Phi) is 4.25. The second kappa shape index (κ2) is 6.16. The van der Waals surface area contributed by atoms with Gasteiger partial charge in [-0.2, -0.15) is 0 Å². The van der Waals surface area contributed by atoms with E-state index < -0.39 is 0 Å². The summed E-state index contributed by atoms with van der Waals surface area (Å²) >= 11 is 6.14. The minimum Gasteiger partial charge on any atom is -0.492 e.